The molecule has 0 aromatic heterocycles. The van der Waals surface area contributed by atoms with Crippen LogP contribution in [0.1, 0.15) is 0 Å². The van der Waals surface area contributed by atoms with Crippen molar-refractivity contribution in [2.75, 3.05) is 6.61 Å². The van der Waals surface area contributed by atoms with Crippen molar-refractivity contribution in [3.05, 3.63) is 0 Å². The van der Waals surface area contributed by atoms with Gasteiger partial charge >= 0.3 is 0 Å². The van der Waals surface area contributed by atoms with Gasteiger partial charge in [-0.2, -0.15) is 0 Å². The van der Waals surface area contributed by atoms with Gasteiger partial charge in [0.2, 0.25) is 0 Å². The maximum Gasteiger partial charge on any atom is 0.187 e. The van der Waals surface area contributed by atoms with E-state index in [1.165, 1.54) is 0 Å². The van der Waals surface area contributed by atoms with Gasteiger partial charge in [-0.1, -0.05) is 0 Å². The van der Waals surface area contributed by atoms with Crippen molar-refractivity contribution in [3.8, 4) is 0 Å². The fourth-order valence-corrected chi connectivity index (χ4v) is 1.63. The Morgan fingerprint density at radius 1 is 1.20 bits per heavy atom. The monoisotopic (exact) mass is 144 g/mol. The first-order chi connectivity index (χ1) is 4.86. The number of fused-ring (bicyclic) bond motifs is 4. The van der Waals surface area contributed by atoms with Crippen LogP contribution in [0.3, 0.4) is 0 Å². The van der Waals surface area contributed by atoms with Crippen molar-refractivity contribution in [3.63, 3.8) is 0 Å². The normalized spacial score (nSPS) is 63.9. The van der Waals surface area contributed by atoms with Gasteiger partial charge in [-0.3, -0.25) is 0 Å². The number of aliphatic hydroxyl groups excluding tert-OH is 1. The number of ether oxygens (including phenoxy) is 3. The SMILES string of the molecule is OC1C2O[C@H]2C2OC[C@H]1O2. The molecule has 2 bridgehead atoms. The number of hydrogen-bond acceptors (Lipinski definition) is 4. The molecular weight excluding hydrogens is 136 g/mol. The van der Waals surface area contributed by atoms with E-state index in [0.29, 0.717) is 6.61 Å². The first-order valence-electron chi connectivity index (χ1n) is 3.47. The lowest BCUT2D eigenvalue weighted by Gasteiger charge is -2.18. The van der Waals surface area contributed by atoms with E-state index in [4.69, 9.17) is 14.2 Å². The minimum Gasteiger partial charge on any atom is -0.387 e. The van der Waals surface area contributed by atoms with Crippen LogP contribution < -0.4 is 0 Å². The van der Waals surface area contributed by atoms with Crippen LogP contribution in [0.2, 0.25) is 0 Å². The highest BCUT2D eigenvalue weighted by molar-refractivity contribution is 5.03. The summed E-state index contributed by atoms with van der Waals surface area (Å²) in [5.41, 5.74) is 0. The number of rotatable bonds is 0. The molecule has 3 unspecified atom stereocenters. The molecule has 10 heavy (non-hydrogen) atoms. The van der Waals surface area contributed by atoms with Gasteiger partial charge in [-0.25, -0.2) is 0 Å². The molecule has 0 spiro atoms. The first kappa shape index (κ1) is 5.49. The molecule has 0 aromatic rings. The molecule has 0 saturated carbocycles. The van der Waals surface area contributed by atoms with Crippen molar-refractivity contribution in [2.45, 2.75) is 30.7 Å². The Morgan fingerprint density at radius 2 is 2.10 bits per heavy atom. The lowest BCUT2D eigenvalue weighted by Crippen LogP contribution is -2.39. The van der Waals surface area contributed by atoms with Crippen LogP contribution >= 0.6 is 0 Å². The molecule has 3 aliphatic rings. The number of epoxide rings is 1. The van der Waals surface area contributed by atoms with Gasteiger partial charge < -0.3 is 19.3 Å². The lowest BCUT2D eigenvalue weighted by molar-refractivity contribution is -0.103. The molecule has 0 aromatic carbocycles. The van der Waals surface area contributed by atoms with E-state index < -0.39 is 6.10 Å². The fraction of sp³-hybridized carbons (Fsp3) is 1.00. The smallest absolute Gasteiger partial charge is 0.187 e. The third kappa shape index (κ3) is 0.509. The minimum atomic E-state index is -0.469. The van der Waals surface area contributed by atoms with Crippen LogP contribution in [0.25, 0.3) is 0 Å². The average Bonchev–Trinajstić information content (AvgIpc) is 2.61. The van der Waals surface area contributed by atoms with Crippen molar-refractivity contribution in [1.29, 1.82) is 0 Å². The number of hydrogen-bond donors (Lipinski definition) is 1. The summed E-state index contributed by atoms with van der Waals surface area (Å²) < 4.78 is 15.6. The van der Waals surface area contributed by atoms with Crippen LogP contribution in [0.4, 0.5) is 0 Å². The van der Waals surface area contributed by atoms with Crippen LogP contribution in [0.15, 0.2) is 0 Å². The maximum atomic E-state index is 9.38. The van der Waals surface area contributed by atoms with Crippen molar-refractivity contribution in [2.24, 2.45) is 0 Å². The van der Waals surface area contributed by atoms with E-state index in [-0.39, 0.29) is 24.6 Å². The summed E-state index contributed by atoms with van der Waals surface area (Å²) in [7, 11) is 0. The summed E-state index contributed by atoms with van der Waals surface area (Å²) in [6.07, 6.45) is -0.809. The Bertz CT molecular complexity index is 169. The van der Waals surface area contributed by atoms with E-state index in [1.807, 2.05) is 0 Å². The van der Waals surface area contributed by atoms with E-state index >= 15 is 0 Å². The van der Waals surface area contributed by atoms with Gasteiger partial charge in [0.1, 0.15) is 24.4 Å². The van der Waals surface area contributed by atoms with Crippen molar-refractivity contribution >= 4 is 0 Å². The Balaban J connectivity index is 1.91. The predicted molar refractivity (Wildman–Crippen MR) is 29.3 cm³/mol. The van der Waals surface area contributed by atoms with Gasteiger partial charge in [0.05, 0.1) is 6.61 Å². The van der Waals surface area contributed by atoms with Gasteiger partial charge in [0.15, 0.2) is 6.29 Å². The fourth-order valence-electron chi connectivity index (χ4n) is 1.63. The first-order valence-corrected chi connectivity index (χ1v) is 3.47. The average molecular weight is 144 g/mol. The second-order valence-electron chi connectivity index (χ2n) is 2.93. The molecule has 3 heterocycles. The maximum absolute atomic E-state index is 9.38. The number of aliphatic hydroxyl groups is 1. The molecule has 5 atom stereocenters. The highest BCUT2D eigenvalue weighted by Crippen LogP contribution is 2.41. The molecule has 56 valence electrons. The zero-order chi connectivity index (χ0) is 6.72. The summed E-state index contributed by atoms with van der Waals surface area (Å²) in [6.45, 7) is 0.516. The standard InChI is InChI=1S/C6H8O4/c7-3-2-1-8-6(9-2)5-4(3)10-5/h2-7H,1H2/t2-,3?,4?,5-,6?/m1/s1. The third-order valence-electron chi connectivity index (χ3n) is 2.28. The molecule has 3 fully saturated rings. The molecular formula is C6H8O4. The van der Waals surface area contributed by atoms with Crippen molar-refractivity contribution < 1.29 is 19.3 Å². The van der Waals surface area contributed by atoms with E-state index in [1.54, 1.807) is 0 Å². The van der Waals surface area contributed by atoms with Crippen LogP contribution in [-0.2, 0) is 14.2 Å². The van der Waals surface area contributed by atoms with Gasteiger partial charge in [-0.15, -0.1) is 0 Å². The third-order valence-corrected chi connectivity index (χ3v) is 2.28. The van der Waals surface area contributed by atoms with E-state index in [9.17, 15) is 5.11 Å². The molecule has 3 aliphatic heterocycles. The van der Waals surface area contributed by atoms with Gasteiger partial charge in [0, 0.05) is 0 Å². The highest BCUT2D eigenvalue weighted by atomic mass is 16.8. The molecule has 0 radical (unpaired) electrons. The Hall–Kier alpha value is -0.160. The van der Waals surface area contributed by atoms with Crippen LogP contribution in [0.5, 0.6) is 0 Å². The topological polar surface area (TPSA) is 51.2 Å². The zero-order valence-corrected chi connectivity index (χ0v) is 5.27. The molecule has 0 aliphatic carbocycles. The van der Waals surface area contributed by atoms with Gasteiger partial charge in [-0.05, 0) is 0 Å². The quantitative estimate of drug-likeness (QED) is 0.437. The minimum absolute atomic E-state index is 0.00810. The molecule has 4 heteroatoms. The Kier molecular flexibility index (Phi) is 0.840. The van der Waals surface area contributed by atoms with E-state index in [2.05, 4.69) is 0 Å². The second kappa shape index (κ2) is 1.53. The Labute approximate surface area is 57.7 Å². The largest absolute Gasteiger partial charge is 0.387 e. The van der Waals surface area contributed by atoms with Crippen LogP contribution in [-0.4, -0.2) is 42.4 Å². The molecule has 3 rings (SSSR count). The predicted octanol–water partition coefficient (Wildman–Crippen LogP) is -1.13. The summed E-state index contributed by atoms with van der Waals surface area (Å²) in [4.78, 5) is 0. The summed E-state index contributed by atoms with van der Waals surface area (Å²) >= 11 is 0. The van der Waals surface area contributed by atoms with Gasteiger partial charge in [0.25, 0.3) is 0 Å². The lowest BCUT2D eigenvalue weighted by atomic mass is 10.1. The molecule has 4 nitrogen and oxygen atoms in total. The summed E-state index contributed by atoms with van der Waals surface area (Å²) in [5, 5.41) is 9.38. The summed E-state index contributed by atoms with van der Waals surface area (Å²) in [6, 6.07) is 0. The van der Waals surface area contributed by atoms with E-state index in [0.717, 1.165) is 0 Å². The molecule has 1 N–H and O–H groups in total. The van der Waals surface area contributed by atoms with Crippen molar-refractivity contribution in [1.82, 2.24) is 0 Å². The molecule has 0 amide bonds. The molecule has 3 saturated heterocycles. The second-order valence-corrected chi connectivity index (χ2v) is 2.93. The highest BCUT2D eigenvalue weighted by Gasteiger charge is 2.61. The zero-order valence-electron chi connectivity index (χ0n) is 5.27. The summed E-state index contributed by atoms with van der Waals surface area (Å²) in [5.74, 6) is 0. The Morgan fingerprint density at radius 3 is 3.00 bits per heavy atom. The van der Waals surface area contributed by atoms with Crippen LogP contribution in [0, 0.1) is 0 Å².